The van der Waals surface area contributed by atoms with Crippen LogP contribution in [0.5, 0.6) is 0 Å². The van der Waals surface area contributed by atoms with E-state index >= 15 is 0 Å². The van der Waals surface area contributed by atoms with Crippen LogP contribution in [0.3, 0.4) is 0 Å². The van der Waals surface area contributed by atoms with Crippen molar-refractivity contribution in [3.63, 3.8) is 0 Å². The van der Waals surface area contributed by atoms with Crippen LogP contribution in [0.25, 0.3) is 6.08 Å². The fourth-order valence-electron chi connectivity index (χ4n) is 2.15. The maximum atomic E-state index is 12.4. The molecule has 1 aliphatic rings. The molecule has 0 spiro atoms. The average molecular weight is 270 g/mol. The fraction of sp³-hybridized carbons (Fsp3) is 0.467. The second-order valence-corrected chi connectivity index (χ2v) is 5.43. The summed E-state index contributed by atoms with van der Waals surface area (Å²) in [6.45, 7) is 4.08. The first-order chi connectivity index (χ1) is 8.76. The zero-order chi connectivity index (χ0) is 14.1. The maximum absolute atomic E-state index is 12.4. The molecular weight excluding hydrogens is 253 g/mol. The van der Waals surface area contributed by atoms with E-state index in [2.05, 4.69) is 0 Å². The van der Waals surface area contributed by atoms with E-state index in [0.717, 1.165) is 30.5 Å². The van der Waals surface area contributed by atoms with Crippen LogP contribution < -0.4 is 0 Å². The third kappa shape index (κ3) is 3.83. The second-order valence-electron chi connectivity index (χ2n) is 5.43. The van der Waals surface area contributed by atoms with Crippen molar-refractivity contribution in [2.24, 2.45) is 0 Å². The van der Waals surface area contributed by atoms with Gasteiger partial charge in [0.2, 0.25) is 0 Å². The first-order valence-electron chi connectivity index (χ1n) is 6.30. The van der Waals surface area contributed by atoms with Crippen LogP contribution in [0.4, 0.5) is 13.2 Å². The van der Waals surface area contributed by atoms with Crippen molar-refractivity contribution >= 4 is 6.08 Å². The second kappa shape index (κ2) is 5.00. The molecule has 0 aliphatic carbocycles. The highest BCUT2D eigenvalue weighted by Gasteiger charge is 2.30. The average Bonchev–Trinajstić information content (AvgIpc) is 2.66. The summed E-state index contributed by atoms with van der Waals surface area (Å²) in [6, 6.07) is 5.14. The Balaban J connectivity index is 2.00. The molecule has 0 amide bonds. The van der Waals surface area contributed by atoms with Gasteiger partial charge in [-0.25, -0.2) is 0 Å². The van der Waals surface area contributed by atoms with E-state index in [9.17, 15) is 13.2 Å². The van der Waals surface area contributed by atoms with E-state index in [1.54, 1.807) is 0 Å². The summed E-state index contributed by atoms with van der Waals surface area (Å²) in [6.07, 6.45) is 1.45. The Bertz CT molecular complexity index is 457. The minimum Gasteiger partial charge on any atom is -0.368 e. The smallest absolute Gasteiger partial charge is 0.368 e. The van der Waals surface area contributed by atoms with Gasteiger partial charge in [-0.15, -0.1) is 0 Å². The lowest BCUT2D eigenvalue weighted by Crippen LogP contribution is -2.18. The van der Waals surface area contributed by atoms with E-state index in [4.69, 9.17) is 4.74 Å². The molecule has 2 rings (SSSR count). The molecule has 0 N–H and O–H groups in total. The van der Waals surface area contributed by atoms with E-state index in [1.807, 2.05) is 26.0 Å². The lowest BCUT2D eigenvalue weighted by atomic mass is 10.0. The zero-order valence-electron chi connectivity index (χ0n) is 11.0. The van der Waals surface area contributed by atoms with Crippen molar-refractivity contribution in [3.05, 3.63) is 41.5 Å². The van der Waals surface area contributed by atoms with Crippen molar-refractivity contribution in [1.29, 1.82) is 0 Å². The van der Waals surface area contributed by atoms with E-state index in [0.29, 0.717) is 0 Å². The first-order valence-corrected chi connectivity index (χ1v) is 6.30. The Morgan fingerprint density at radius 2 is 1.84 bits per heavy atom. The molecular formula is C15H17F3O. The molecule has 0 radical (unpaired) electrons. The Kier molecular flexibility index (Phi) is 3.72. The monoisotopic (exact) mass is 270 g/mol. The van der Waals surface area contributed by atoms with E-state index < -0.39 is 11.7 Å². The van der Waals surface area contributed by atoms with Gasteiger partial charge in [-0.3, -0.25) is 0 Å². The van der Waals surface area contributed by atoms with Gasteiger partial charge in [0, 0.05) is 0 Å². The molecule has 104 valence electrons. The largest absolute Gasteiger partial charge is 0.416 e. The number of rotatable bonds is 2. The molecule has 1 heterocycles. The van der Waals surface area contributed by atoms with Crippen molar-refractivity contribution in [2.75, 3.05) is 0 Å². The van der Waals surface area contributed by atoms with Gasteiger partial charge in [-0.1, -0.05) is 24.3 Å². The summed E-state index contributed by atoms with van der Waals surface area (Å²) < 4.78 is 43.0. The van der Waals surface area contributed by atoms with Crippen molar-refractivity contribution in [3.8, 4) is 0 Å². The Hall–Kier alpha value is -1.29. The van der Waals surface area contributed by atoms with E-state index in [1.165, 1.54) is 12.1 Å². The third-order valence-electron chi connectivity index (χ3n) is 3.24. The number of halogens is 3. The molecule has 0 aromatic heterocycles. The van der Waals surface area contributed by atoms with Crippen molar-refractivity contribution in [2.45, 2.75) is 44.6 Å². The quantitative estimate of drug-likeness (QED) is 0.758. The van der Waals surface area contributed by atoms with Crippen LogP contribution in [-0.4, -0.2) is 11.7 Å². The van der Waals surface area contributed by atoms with Crippen molar-refractivity contribution in [1.82, 2.24) is 0 Å². The van der Waals surface area contributed by atoms with Gasteiger partial charge in [0.25, 0.3) is 0 Å². The summed E-state index contributed by atoms with van der Waals surface area (Å²) in [4.78, 5) is 0. The molecule has 1 aromatic carbocycles. The van der Waals surface area contributed by atoms with Gasteiger partial charge in [0.1, 0.15) is 0 Å². The van der Waals surface area contributed by atoms with Gasteiger partial charge in [-0.2, -0.15) is 13.2 Å². The summed E-state index contributed by atoms with van der Waals surface area (Å²) in [5.41, 5.74) is 0.0269. The van der Waals surface area contributed by atoms with Crippen LogP contribution in [0, 0.1) is 0 Å². The molecule has 1 nitrogen and oxygen atoms in total. The summed E-state index contributed by atoms with van der Waals surface area (Å²) in [5, 5.41) is 0. The number of alkyl halides is 3. The highest BCUT2D eigenvalue weighted by Crippen LogP contribution is 2.31. The molecule has 1 saturated heterocycles. The predicted octanol–water partition coefficient (Wildman–Crippen LogP) is 4.68. The Labute approximate surface area is 111 Å². The minimum absolute atomic E-state index is 0.0530. The minimum atomic E-state index is -4.28. The highest BCUT2D eigenvalue weighted by molar-refractivity contribution is 5.50. The molecule has 1 aliphatic heterocycles. The standard InChI is InChI=1S/C15H17F3O/c1-14(2)10-9-13(19-14)8-5-11-3-6-12(7-4-11)15(16,17)18/h3-8,13H,9-10H2,1-2H3/b8-5+. The fourth-order valence-corrected chi connectivity index (χ4v) is 2.15. The van der Waals surface area contributed by atoms with Crippen LogP contribution in [-0.2, 0) is 10.9 Å². The molecule has 19 heavy (non-hydrogen) atoms. The molecule has 1 fully saturated rings. The SMILES string of the molecule is CC1(C)CCC(/C=C/c2ccc(C(F)(F)F)cc2)O1. The molecule has 1 unspecified atom stereocenters. The van der Waals surface area contributed by atoms with Crippen LogP contribution >= 0.6 is 0 Å². The number of ether oxygens (including phenoxy) is 1. The predicted molar refractivity (Wildman–Crippen MR) is 68.7 cm³/mol. The highest BCUT2D eigenvalue weighted by atomic mass is 19.4. The van der Waals surface area contributed by atoms with E-state index in [-0.39, 0.29) is 11.7 Å². The maximum Gasteiger partial charge on any atom is 0.416 e. The van der Waals surface area contributed by atoms with Crippen LogP contribution in [0.15, 0.2) is 30.3 Å². The summed E-state index contributed by atoms with van der Waals surface area (Å²) >= 11 is 0. The number of hydrogen-bond donors (Lipinski definition) is 0. The Morgan fingerprint density at radius 3 is 2.32 bits per heavy atom. The number of hydrogen-bond acceptors (Lipinski definition) is 1. The molecule has 1 aromatic rings. The molecule has 0 saturated carbocycles. The van der Waals surface area contributed by atoms with Crippen LogP contribution in [0.1, 0.15) is 37.8 Å². The van der Waals surface area contributed by atoms with Gasteiger partial charge in [0.05, 0.1) is 17.3 Å². The molecule has 1 atom stereocenters. The zero-order valence-corrected chi connectivity index (χ0v) is 11.0. The van der Waals surface area contributed by atoms with Gasteiger partial charge in [-0.05, 0) is 44.4 Å². The number of benzene rings is 1. The molecule has 0 bridgehead atoms. The lowest BCUT2D eigenvalue weighted by molar-refractivity contribution is -0.137. The topological polar surface area (TPSA) is 9.23 Å². The van der Waals surface area contributed by atoms with Crippen molar-refractivity contribution < 1.29 is 17.9 Å². The molecule has 4 heteroatoms. The third-order valence-corrected chi connectivity index (χ3v) is 3.24. The van der Waals surface area contributed by atoms with Gasteiger partial charge >= 0.3 is 6.18 Å². The summed E-state index contributed by atoms with van der Waals surface area (Å²) in [5.74, 6) is 0. The van der Waals surface area contributed by atoms with Crippen LogP contribution in [0.2, 0.25) is 0 Å². The first kappa shape index (κ1) is 14.1. The normalized spacial score (nSPS) is 23.1. The van der Waals surface area contributed by atoms with Gasteiger partial charge in [0.15, 0.2) is 0 Å². The Morgan fingerprint density at radius 1 is 1.21 bits per heavy atom. The van der Waals surface area contributed by atoms with Gasteiger partial charge < -0.3 is 4.74 Å². The lowest BCUT2D eigenvalue weighted by Gasteiger charge is -2.17. The summed E-state index contributed by atoms with van der Waals surface area (Å²) in [7, 11) is 0.